The lowest BCUT2D eigenvalue weighted by Gasteiger charge is -2.05. The second-order valence-electron chi connectivity index (χ2n) is 2.98. The molecule has 0 aliphatic carbocycles. The van der Waals surface area contributed by atoms with Crippen LogP contribution in [0.2, 0.25) is 0 Å². The third-order valence-electron chi connectivity index (χ3n) is 2.15. The van der Waals surface area contributed by atoms with Gasteiger partial charge in [0.05, 0.1) is 25.7 Å². The molecular formula is C8H11NO4. The van der Waals surface area contributed by atoms with Gasteiger partial charge in [-0.3, -0.25) is 0 Å². The van der Waals surface area contributed by atoms with Gasteiger partial charge in [-0.25, -0.2) is 4.79 Å². The fraction of sp³-hybridized carbons (Fsp3) is 0.750. The van der Waals surface area contributed by atoms with Crippen molar-refractivity contribution in [2.24, 2.45) is 11.1 Å². The van der Waals surface area contributed by atoms with Crippen LogP contribution >= 0.6 is 0 Å². The number of rotatable bonds is 2. The Morgan fingerprint density at radius 2 is 2.54 bits per heavy atom. The molecule has 2 heterocycles. The highest BCUT2D eigenvalue weighted by Crippen LogP contribution is 2.25. The fourth-order valence-corrected chi connectivity index (χ4v) is 1.48. The first-order chi connectivity index (χ1) is 6.33. The van der Waals surface area contributed by atoms with E-state index in [0.29, 0.717) is 25.5 Å². The van der Waals surface area contributed by atoms with Gasteiger partial charge < -0.3 is 14.3 Å². The number of nitrogens with zero attached hydrogens (tertiary/aromatic N) is 1. The summed E-state index contributed by atoms with van der Waals surface area (Å²) in [5.41, 5.74) is 0.365. The van der Waals surface area contributed by atoms with E-state index in [-0.39, 0.29) is 18.0 Å². The van der Waals surface area contributed by atoms with E-state index in [9.17, 15) is 4.79 Å². The molecule has 0 aromatic rings. The monoisotopic (exact) mass is 185 g/mol. The highest BCUT2D eigenvalue weighted by molar-refractivity contribution is 6.37. The van der Waals surface area contributed by atoms with Gasteiger partial charge in [-0.15, -0.1) is 0 Å². The van der Waals surface area contributed by atoms with Crippen molar-refractivity contribution >= 4 is 11.7 Å². The Labute approximate surface area is 75.6 Å². The number of hydrogen-bond donors (Lipinski definition) is 0. The fourth-order valence-electron chi connectivity index (χ4n) is 1.48. The van der Waals surface area contributed by atoms with Gasteiger partial charge in [0.25, 0.3) is 0 Å². The number of carbonyl (C=O) groups excluding carboxylic acids is 1. The summed E-state index contributed by atoms with van der Waals surface area (Å²) in [4.78, 5) is 16.3. The maximum atomic E-state index is 11.3. The maximum Gasteiger partial charge on any atom is 0.356 e. The molecule has 2 rings (SSSR count). The van der Waals surface area contributed by atoms with Crippen LogP contribution in [0.1, 0.15) is 6.92 Å². The second-order valence-corrected chi connectivity index (χ2v) is 2.98. The first-order valence-corrected chi connectivity index (χ1v) is 4.31. The zero-order chi connectivity index (χ0) is 9.26. The van der Waals surface area contributed by atoms with Gasteiger partial charge in [0.2, 0.25) is 0 Å². The van der Waals surface area contributed by atoms with Crippen LogP contribution in [-0.2, 0) is 19.1 Å². The molecule has 1 fully saturated rings. The summed E-state index contributed by atoms with van der Waals surface area (Å²) < 4.78 is 9.99. The molecule has 0 spiro atoms. The normalized spacial score (nSPS) is 30.7. The third-order valence-corrected chi connectivity index (χ3v) is 2.15. The van der Waals surface area contributed by atoms with Crippen molar-refractivity contribution in [1.82, 2.24) is 0 Å². The van der Waals surface area contributed by atoms with E-state index in [4.69, 9.17) is 14.3 Å². The zero-order valence-electron chi connectivity index (χ0n) is 7.36. The second kappa shape index (κ2) is 3.33. The first kappa shape index (κ1) is 8.50. The lowest BCUT2D eigenvalue weighted by Crippen LogP contribution is -2.28. The molecule has 0 amide bonds. The van der Waals surface area contributed by atoms with E-state index in [0.717, 1.165) is 0 Å². The molecule has 0 saturated carbocycles. The third kappa shape index (κ3) is 1.39. The number of esters is 1. The molecule has 5 nitrogen and oxygen atoms in total. The van der Waals surface area contributed by atoms with Crippen LogP contribution in [0.3, 0.4) is 0 Å². The van der Waals surface area contributed by atoms with Gasteiger partial charge in [0, 0.05) is 0 Å². The van der Waals surface area contributed by atoms with Crippen molar-refractivity contribution in [1.29, 1.82) is 0 Å². The van der Waals surface area contributed by atoms with Crippen LogP contribution in [0.25, 0.3) is 0 Å². The number of oxime groups is 1. The Morgan fingerprint density at radius 1 is 1.69 bits per heavy atom. The molecule has 0 aromatic carbocycles. The van der Waals surface area contributed by atoms with Gasteiger partial charge in [-0.2, -0.15) is 0 Å². The lowest BCUT2D eigenvalue weighted by molar-refractivity contribution is -0.135. The topological polar surface area (TPSA) is 57.1 Å². The van der Waals surface area contributed by atoms with Crippen molar-refractivity contribution in [3.05, 3.63) is 0 Å². The summed E-state index contributed by atoms with van der Waals surface area (Å²) >= 11 is 0. The lowest BCUT2D eigenvalue weighted by atomic mass is 10.0. The minimum Gasteiger partial charge on any atom is -0.461 e. The van der Waals surface area contributed by atoms with Crippen LogP contribution in [0.5, 0.6) is 0 Å². The average molecular weight is 185 g/mol. The zero-order valence-corrected chi connectivity index (χ0v) is 7.36. The molecule has 5 heteroatoms. The highest BCUT2D eigenvalue weighted by atomic mass is 16.7. The van der Waals surface area contributed by atoms with Gasteiger partial charge in [0.1, 0.15) is 0 Å². The van der Waals surface area contributed by atoms with Crippen LogP contribution < -0.4 is 0 Å². The van der Waals surface area contributed by atoms with Gasteiger partial charge in [-0.05, 0) is 6.92 Å². The van der Waals surface area contributed by atoms with Crippen LogP contribution in [0.15, 0.2) is 5.16 Å². The molecule has 0 aromatic heterocycles. The van der Waals surface area contributed by atoms with E-state index in [1.165, 1.54) is 0 Å². The van der Waals surface area contributed by atoms with Crippen LogP contribution in [0.4, 0.5) is 0 Å². The molecule has 0 unspecified atom stereocenters. The van der Waals surface area contributed by atoms with Crippen molar-refractivity contribution in [2.45, 2.75) is 13.0 Å². The summed E-state index contributed by atoms with van der Waals surface area (Å²) in [7, 11) is 0. The SMILES string of the molecule is CCOC(=O)C1=NO[C@@H]2COC[C@H]12. The van der Waals surface area contributed by atoms with E-state index in [1.54, 1.807) is 6.92 Å². The Bertz CT molecular complexity index is 251. The van der Waals surface area contributed by atoms with Crippen molar-refractivity contribution in [2.75, 3.05) is 19.8 Å². The summed E-state index contributed by atoms with van der Waals surface area (Å²) in [5.74, 6) is -0.417. The quantitative estimate of drug-likeness (QED) is 0.566. The minimum atomic E-state index is -0.388. The number of hydrogen-bond acceptors (Lipinski definition) is 5. The van der Waals surface area contributed by atoms with Crippen LogP contribution in [-0.4, -0.2) is 37.6 Å². The largest absolute Gasteiger partial charge is 0.461 e. The standard InChI is InChI=1S/C8H11NO4/c1-2-12-8(10)7-5-3-11-4-6(5)13-9-7/h5-6H,2-4H2,1H3/t5-,6+/m0/s1. The Morgan fingerprint density at radius 3 is 3.31 bits per heavy atom. The molecule has 2 atom stereocenters. The molecule has 13 heavy (non-hydrogen) atoms. The number of carbonyl (C=O) groups is 1. The number of ether oxygens (including phenoxy) is 2. The predicted octanol–water partition coefficient (Wildman–Crippen LogP) is -0.0493. The first-order valence-electron chi connectivity index (χ1n) is 4.31. The molecule has 2 aliphatic rings. The number of fused-ring (bicyclic) bond motifs is 1. The Hall–Kier alpha value is -1.10. The van der Waals surface area contributed by atoms with E-state index >= 15 is 0 Å². The van der Waals surface area contributed by atoms with Gasteiger partial charge in [-0.1, -0.05) is 5.16 Å². The summed E-state index contributed by atoms with van der Waals surface area (Å²) in [6.45, 7) is 3.13. The molecule has 72 valence electrons. The summed E-state index contributed by atoms with van der Waals surface area (Å²) in [5, 5.41) is 3.70. The molecular weight excluding hydrogens is 174 g/mol. The van der Waals surface area contributed by atoms with Crippen molar-refractivity contribution in [3.8, 4) is 0 Å². The molecule has 1 saturated heterocycles. The predicted molar refractivity (Wildman–Crippen MR) is 43.3 cm³/mol. The summed E-state index contributed by atoms with van der Waals surface area (Å²) in [6, 6.07) is 0. The van der Waals surface area contributed by atoms with Gasteiger partial charge in [0.15, 0.2) is 11.8 Å². The van der Waals surface area contributed by atoms with Crippen LogP contribution in [0, 0.1) is 5.92 Å². The molecule has 2 aliphatic heterocycles. The Kier molecular flexibility index (Phi) is 2.18. The minimum absolute atomic E-state index is 0.0287. The molecule has 0 radical (unpaired) electrons. The van der Waals surface area contributed by atoms with E-state index < -0.39 is 0 Å². The maximum absolute atomic E-state index is 11.3. The highest BCUT2D eigenvalue weighted by Gasteiger charge is 2.42. The molecule has 0 bridgehead atoms. The van der Waals surface area contributed by atoms with Gasteiger partial charge >= 0.3 is 5.97 Å². The molecule has 0 N–H and O–H groups in total. The van der Waals surface area contributed by atoms with Crippen molar-refractivity contribution in [3.63, 3.8) is 0 Å². The smallest absolute Gasteiger partial charge is 0.356 e. The summed E-state index contributed by atoms with van der Waals surface area (Å²) in [6.07, 6.45) is -0.0839. The van der Waals surface area contributed by atoms with E-state index in [2.05, 4.69) is 5.16 Å². The Balaban J connectivity index is 2.03. The average Bonchev–Trinajstić information content (AvgIpc) is 2.62. The van der Waals surface area contributed by atoms with Crippen molar-refractivity contribution < 1.29 is 19.1 Å². The van der Waals surface area contributed by atoms with E-state index in [1.807, 2.05) is 0 Å².